The van der Waals surface area contributed by atoms with Gasteiger partial charge in [-0.1, -0.05) is 40.0 Å². The van der Waals surface area contributed by atoms with E-state index in [0.717, 1.165) is 25.2 Å². The second-order valence-corrected chi connectivity index (χ2v) is 4.82. The lowest BCUT2D eigenvalue weighted by Crippen LogP contribution is -2.25. The Morgan fingerprint density at radius 3 is 2.65 bits per heavy atom. The Morgan fingerprint density at radius 2 is 2.06 bits per heavy atom. The van der Waals surface area contributed by atoms with Crippen LogP contribution >= 0.6 is 0 Å². The zero-order valence-electron chi connectivity index (χ0n) is 11.5. The summed E-state index contributed by atoms with van der Waals surface area (Å²) in [6, 6.07) is 0.0908. The van der Waals surface area contributed by atoms with Crippen LogP contribution in [0.5, 0.6) is 0 Å². The van der Waals surface area contributed by atoms with E-state index in [9.17, 15) is 0 Å². The molecule has 1 rings (SSSR count). The normalized spacial score (nSPS) is 14.8. The van der Waals surface area contributed by atoms with Crippen molar-refractivity contribution in [2.45, 2.75) is 65.5 Å². The van der Waals surface area contributed by atoms with Gasteiger partial charge in [-0.3, -0.25) is 0 Å². The van der Waals surface area contributed by atoms with Crippen molar-refractivity contribution in [2.75, 3.05) is 0 Å². The number of unbranched alkanes of at least 4 members (excludes halogenated alkanes) is 1. The maximum atomic E-state index is 6.38. The summed E-state index contributed by atoms with van der Waals surface area (Å²) in [5, 5.41) is 0. The molecule has 0 aliphatic rings. The summed E-state index contributed by atoms with van der Waals surface area (Å²) in [6.45, 7) is 7.67. The fourth-order valence-electron chi connectivity index (χ4n) is 2.36. The second-order valence-electron chi connectivity index (χ2n) is 4.82. The van der Waals surface area contributed by atoms with Gasteiger partial charge in [-0.25, -0.2) is 4.98 Å². The number of rotatable bonds is 8. The number of aromatic nitrogens is 2. The van der Waals surface area contributed by atoms with E-state index in [2.05, 4.69) is 30.3 Å². The van der Waals surface area contributed by atoms with Crippen LogP contribution in [0.1, 0.15) is 64.7 Å². The summed E-state index contributed by atoms with van der Waals surface area (Å²) < 4.78 is 2.21. The summed E-state index contributed by atoms with van der Waals surface area (Å²) in [5.74, 6) is 1.63. The van der Waals surface area contributed by atoms with E-state index >= 15 is 0 Å². The lowest BCUT2D eigenvalue weighted by atomic mass is 9.91. The first kappa shape index (κ1) is 14.2. The molecular weight excluding hydrogens is 210 g/mol. The highest BCUT2D eigenvalue weighted by Crippen LogP contribution is 2.26. The molecule has 3 heteroatoms. The number of hydrogen-bond donors (Lipinski definition) is 1. The molecule has 0 radical (unpaired) electrons. The summed E-state index contributed by atoms with van der Waals surface area (Å²) in [5.41, 5.74) is 6.38. The van der Waals surface area contributed by atoms with Crippen molar-refractivity contribution in [1.82, 2.24) is 9.55 Å². The average Bonchev–Trinajstić information content (AvgIpc) is 2.78. The van der Waals surface area contributed by atoms with Gasteiger partial charge in [0.1, 0.15) is 5.82 Å². The third kappa shape index (κ3) is 3.84. The summed E-state index contributed by atoms with van der Waals surface area (Å²) in [6.07, 6.45) is 9.91. The minimum absolute atomic E-state index is 0.0908. The second kappa shape index (κ2) is 7.49. The Labute approximate surface area is 105 Å². The van der Waals surface area contributed by atoms with Crippen LogP contribution in [-0.4, -0.2) is 9.55 Å². The molecule has 0 aliphatic heterocycles. The van der Waals surface area contributed by atoms with Gasteiger partial charge in [-0.05, 0) is 18.8 Å². The Bertz CT molecular complexity index is 306. The Kier molecular flexibility index (Phi) is 6.27. The SMILES string of the molecule is CCCCC(CC)C(N)c1nccn1CCC. The molecular formula is C14H27N3. The van der Waals surface area contributed by atoms with Gasteiger partial charge in [-0.15, -0.1) is 0 Å². The summed E-state index contributed by atoms with van der Waals surface area (Å²) in [7, 11) is 0. The zero-order valence-corrected chi connectivity index (χ0v) is 11.5. The quantitative estimate of drug-likeness (QED) is 0.752. The van der Waals surface area contributed by atoms with E-state index in [-0.39, 0.29) is 6.04 Å². The fourth-order valence-corrected chi connectivity index (χ4v) is 2.36. The van der Waals surface area contributed by atoms with Crippen LogP contribution in [0, 0.1) is 5.92 Å². The van der Waals surface area contributed by atoms with Crippen LogP contribution < -0.4 is 5.73 Å². The number of imidazole rings is 1. The molecule has 2 atom stereocenters. The first-order valence-corrected chi connectivity index (χ1v) is 7.01. The molecule has 1 aromatic heterocycles. The highest BCUT2D eigenvalue weighted by Gasteiger charge is 2.21. The van der Waals surface area contributed by atoms with Crippen LogP contribution in [0.25, 0.3) is 0 Å². The van der Waals surface area contributed by atoms with Gasteiger partial charge in [0.15, 0.2) is 0 Å². The highest BCUT2D eigenvalue weighted by molar-refractivity contribution is 5.00. The molecule has 0 amide bonds. The third-order valence-corrected chi connectivity index (χ3v) is 3.47. The Balaban J connectivity index is 2.70. The van der Waals surface area contributed by atoms with Crippen molar-refractivity contribution < 1.29 is 0 Å². The number of nitrogens with two attached hydrogens (primary N) is 1. The van der Waals surface area contributed by atoms with Gasteiger partial charge in [-0.2, -0.15) is 0 Å². The van der Waals surface area contributed by atoms with E-state index < -0.39 is 0 Å². The molecule has 0 fully saturated rings. The fraction of sp³-hybridized carbons (Fsp3) is 0.786. The predicted molar refractivity (Wildman–Crippen MR) is 72.8 cm³/mol. The number of aryl methyl sites for hydroxylation is 1. The molecule has 0 saturated carbocycles. The Morgan fingerprint density at radius 1 is 1.29 bits per heavy atom. The van der Waals surface area contributed by atoms with Gasteiger partial charge in [0.2, 0.25) is 0 Å². The van der Waals surface area contributed by atoms with Gasteiger partial charge >= 0.3 is 0 Å². The van der Waals surface area contributed by atoms with Gasteiger partial charge in [0.05, 0.1) is 6.04 Å². The van der Waals surface area contributed by atoms with Crippen molar-refractivity contribution in [3.8, 4) is 0 Å². The maximum absolute atomic E-state index is 6.38. The first-order chi connectivity index (χ1) is 8.24. The van der Waals surface area contributed by atoms with Gasteiger partial charge < -0.3 is 10.3 Å². The highest BCUT2D eigenvalue weighted by atomic mass is 15.1. The molecule has 98 valence electrons. The van der Waals surface area contributed by atoms with Crippen LogP contribution in [0.15, 0.2) is 12.4 Å². The smallest absolute Gasteiger partial charge is 0.125 e. The van der Waals surface area contributed by atoms with Crippen LogP contribution in [-0.2, 0) is 6.54 Å². The minimum atomic E-state index is 0.0908. The van der Waals surface area contributed by atoms with Gasteiger partial charge in [0.25, 0.3) is 0 Å². The van der Waals surface area contributed by atoms with Crippen molar-refractivity contribution in [3.63, 3.8) is 0 Å². The summed E-state index contributed by atoms with van der Waals surface area (Å²) >= 11 is 0. The minimum Gasteiger partial charge on any atom is -0.334 e. The molecule has 3 nitrogen and oxygen atoms in total. The van der Waals surface area contributed by atoms with Crippen LogP contribution in [0.4, 0.5) is 0 Å². The molecule has 1 aromatic rings. The molecule has 0 spiro atoms. The average molecular weight is 237 g/mol. The van der Waals surface area contributed by atoms with Crippen LogP contribution in [0.2, 0.25) is 0 Å². The predicted octanol–water partition coefficient (Wildman–Crippen LogP) is 3.51. The largest absolute Gasteiger partial charge is 0.334 e. The van der Waals surface area contributed by atoms with E-state index in [1.165, 1.54) is 19.3 Å². The lowest BCUT2D eigenvalue weighted by molar-refractivity contribution is 0.357. The lowest BCUT2D eigenvalue weighted by Gasteiger charge is -2.23. The monoisotopic (exact) mass is 237 g/mol. The van der Waals surface area contributed by atoms with E-state index in [0.29, 0.717) is 5.92 Å². The van der Waals surface area contributed by atoms with Crippen molar-refractivity contribution in [1.29, 1.82) is 0 Å². The zero-order chi connectivity index (χ0) is 12.7. The molecule has 0 bridgehead atoms. The van der Waals surface area contributed by atoms with Crippen molar-refractivity contribution in [2.24, 2.45) is 11.7 Å². The van der Waals surface area contributed by atoms with Gasteiger partial charge in [0, 0.05) is 18.9 Å². The molecule has 0 saturated heterocycles. The number of nitrogens with zero attached hydrogens (tertiary/aromatic N) is 2. The van der Waals surface area contributed by atoms with Crippen molar-refractivity contribution >= 4 is 0 Å². The molecule has 2 N–H and O–H groups in total. The first-order valence-electron chi connectivity index (χ1n) is 7.01. The third-order valence-electron chi connectivity index (χ3n) is 3.47. The number of hydrogen-bond acceptors (Lipinski definition) is 2. The van der Waals surface area contributed by atoms with E-state index in [1.54, 1.807) is 0 Å². The molecule has 2 unspecified atom stereocenters. The molecule has 17 heavy (non-hydrogen) atoms. The summed E-state index contributed by atoms with van der Waals surface area (Å²) in [4.78, 5) is 4.45. The molecule has 1 heterocycles. The van der Waals surface area contributed by atoms with E-state index in [4.69, 9.17) is 5.73 Å². The molecule has 0 aliphatic carbocycles. The molecule has 0 aromatic carbocycles. The Hall–Kier alpha value is -0.830. The standard InChI is InChI=1S/C14H27N3/c1-4-7-8-12(6-3)13(15)14-16-9-11-17(14)10-5-2/h9,11-13H,4-8,10,15H2,1-3H3. The topological polar surface area (TPSA) is 43.8 Å². The maximum Gasteiger partial charge on any atom is 0.125 e. The van der Waals surface area contributed by atoms with Crippen molar-refractivity contribution in [3.05, 3.63) is 18.2 Å². The van der Waals surface area contributed by atoms with Crippen LogP contribution in [0.3, 0.4) is 0 Å². The van der Waals surface area contributed by atoms with E-state index in [1.807, 2.05) is 12.4 Å².